The number of amides is 1. The topological polar surface area (TPSA) is 69.6 Å². The minimum absolute atomic E-state index is 0.0719. The SMILES string of the molecule is CCCCCCCC/C=C\CCCCCCCCCC(=O)NC(CO)C(O)/C=C/CCCCCCCCCC. The highest BCUT2D eigenvalue weighted by molar-refractivity contribution is 5.76. The lowest BCUT2D eigenvalue weighted by Gasteiger charge is -2.20. The second kappa shape index (κ2) is 31.4. The van der Waals surface area contributed by atoms with Crippen LogP contribution in [0, 0.1) is 0 Å². The Bertz CT molecular complexity index is 560. The zero-order chi connectivity index (χ0) is 28.7. The minimum Gasteiger partial charge on any atom is -0.394 e. The summed E-state index contributed by atoms with van der Waals surface area (Å²) in [6, 6.07) is -0.618. The lowest BCUT2D eigenvalue weighted by molar-refractivity contribution is -0.123. The van der Waals surface area contributed by atoms with Crippen molar-refractivity contribution in [3.63, 3.8) is 0 Å². The van der Waals surface area contributed by atoms with Crippen molar-refractivity contribution in [1.82, 2.24) is 5.32 Å². The molecule has 39 heavy (non-hydrogen) atoms. The number of carbonyl (C=O) groups is 1. The molecule has 0 aliphatic carbocycles. The van der Waals surface area contributed by atoms with E-state index in [0.717, 1.165) is 25.7 Å². The van der Waals surface area contributed by atoms with E-state index in [1.165, 1.54) is 128 Å². The summed E-state index contributed by atoms with van der Waals surface area (Å²) in [5.74, 6) is -0.0719. The molecule has 0 rings (SSSR count). The molecular weight excluding hydrogens is 482 g/mol. The van der Waals surface area contributed by atoms with Gasteiger partial charge in [-0.3, -0.25) is 4.79 Å². The summed E-state index contributed by atoms with van der Waals surface area (Å²) in [5, 5.41) is 22.8. The first kappa shape index (κ1) is 37.9. The maximum atomic E-state index is 12.3. The number of carbonyl (C=O) groups excluding carboxylic acids is 1. The number of hydrogen-bond donors (Lipinski definition) is 3. The standard InChI is InChI=1S/C35H67NO3/c1-3-5-7-9-11-13-15-16-17-18-19-20-21-23-25-27-29-31-35(39)36-33(32-37)34(38)30-28-26-24-22-14-12-10-8-6-4-2/h16-17,28,30,33-34,37-38H,3-15,18-27,29,31-32H2,1-2H3,(H,36,39)/b17-16-,30-28+. The lowest BCUT2D eigenvalue weighted by Crippen LogP contribution is -2.45. The van der Waals surface area contributed by atoms with Crippen LogP contribution in [0.4, 0.5) is 0 Å². The molecule has 3 N–H and O–H groups in total. The van der Waals surface area contributed by atoms with Crippen molar-refractivity contribution in [2.75, 3.05) is 6.61 Å². The summed E-state index contributed by atoms with van der Waals surface area (Å²) in [6.45, 7) is 4.27. The molecule has 0 aromatic heterocycles. The number of allylic oxidation sites excluding steroid dienone is 3. The van der Waals surface area contributed by atoms with Crippen LogP contribution in [0.2, 0.25) is 0 Å². The molecule has 0 bridgehead atoms. The van der Waals surface area contributed by atoms with Crippen LogP contribution in [0.1, 0.15) is 174 Å². The second-order valence-electron chi connectivity index (χ2n) is 11.6. The molecule has 0 heterocycles. The summed E-state index contributed by atoms with van der Waals surface area (Å²) >= 11 is 0. The third-order valence-corrected chi connectivity index (χ3v) is 7.68. The van der Waals surface area contributed by atoms with Gasteiger partial charge in [0.2, 0.25) is 5.91 Å². The molecule has 0 aromatic rings. The molecule has 0 radical (unpaired) electrons. The summed E-state index contributed by atoms with van der Waals surface area (Å²) in [7, 11) is 0. The molecular formula is C35H67NO3. The van der Waals surface area contributed by atoms with E-state index in [1.807, 2.05) is 6.08 Å². The van der Waals surface area contributed by atoms with Gasteiger partial charge in [-0.15, -0.1) is 0 Å². The number of aliphatic hydroxyl groups excluding tert-OH is 2. The van der Waals surface area contributed by atoms with Crippen molar-refractivity contribution in [3.8, 4) is 0 Å². The van der Waals surface area contributed by atoms with E-state index in [-0.39, 0.29) is 12.5 Å². The predicted octanol–water partition coefficient (Wildman–Crippen LogP) is 9.73. The number of rotatable bonds is 30. The fourth-order valence-corrected chi connectivity index (χ4v) is 4.99. The Morgan fingerprint density at radius 1 is 0.590 bits per heavy atom. The molecule has 0 aromatic carbocycles. The van der Waals surface area contributed by atoms with E-state index in [9.17, 15) is 15.0 Å². The van der Waals surface area contributed by atoms with Crippen LogP contribution < -0.4 is 5.32 Å². The van der Waals surface area contributed by atoms with E-state index in [1.54, 1.807) is 6.08 Å². The minimum atomic E-state index is -0.835. The summed E-state index contributed by atoms with van der Waals surface area (Å²) in [4.78, 5) is 12.3. The molecule has 4 heteroatoms. The van der Waals surface area contributed by atoms with E-state index in [0.29, 0.717) is 6.42 Å². The average molecular weight is 550 g/mol. The molecule has 0 saturated heterocycles. The van der Waals surface area contributed by atoms with Crippen LogP contribution in [0.25, 0.3) is 0 Å². The molecule has 4 nitrogen and oxygen atoms in total. The third kappa shape index (κ3) is 28.2. The van der Waals surface area contributed by atoms with E-state index < -0.39 is 12.1 Å². The fourth-order valence-electron chi connectivity index (χ4n) is 4.99. The van der Waals surface area contributed by atoms with Crippen molar-refractivity contribution in [2.24, 2.45) is 0 Å². The second-order valence-corrected chi connectivity index (χ2v) is 11.6. The largest absolute Gasteiger partial charge is 0.394 e. The van der Waals surface area contributed by atoms with Gasteiger partial charge >= 0.3 is 0 Å². The van der Waals surface area contributed by atoms with Crippen molar-refractivity contribution < 1.29 is 15.0 Å². The fraction of sp³-hybridized carbons (Fsp3) is 0.857. The van der Waals surface area contributed by atoms with Crippen LogP contribution in [0.15, 0.2) is 24.3 Å². The van der Waals surface area contributed by atoms with Gasteiger partial charge < -0.3 is 15.5 Å². The van der Waals surface area contributed by atoms with Gasteiger partial charge in [0.25, 0.3) is 0 Å². The Morgan fingerprint density at radius 2 is 0.974 bits per heavy atom. The van der Waals surface area contributed by atoms with Crippen molar-refractivity contribution in [1.29, 1.82) is 0 Å². The van der Waals surface area contributed by atoms with Crippen LogP contribution in [0.5, 0.6) is 0 Å². The summed E-state index contributed by atoms with van der Waals surface area (Å²) in [5.41, 5.74) is 0. The van der Waals surface area contributed by atoms with Crippen LogP contribution >= 0.6 is 0 Å². The number of hydrogen-bond acceptors (Lipinski definition) is 3. The Hall–Kier alpha value is -1.13. The van der Waals surface area contributed by atoms with Gasteiger partial charge in [-0.05, 0) is 44.9 Å². The first-order valence-electron chi connectivity index (χ1n) is 17.1. The molecule has 0 saturated carbocycles. The molecule has 0 spiro atoms. The van der Waals surface area contributed by atoms with Crippen molar-refractivity contribution >= 4 is 5.91 Å². The maximum Gasteiger partial charge on any atom is 0.220 e. The molecule has 0 aliphatic heterocycles. The highest BCUT2D eigenvalue weighted by Gasteiger charge is 2.17. The Labute approximate surface area is 243 Å². The monoisotopic (exact) mass is 550 g/mol. The quantitative estimate of drug-likeness (QED) is 0.0617. The lowest BCUT2D eigenvalue weighted by atomic mass is 10.1. The van der Waals surface area contributed by atoms with Gasteiger partial charge in [0.05, 0.1) is 18.8 Å². The van der Waals surface area contributed by atoms with Crippen LogP contribution in [-0.2, 0) is 4.79 Å². The molecule has 230 valence electrons. The van der Waals surface area contributed by atoms with E-state index in [2.05, 4.69) is 31.3 Å². The zero-order valence-electron chi connectivity index (χ0n) is 26.2. The molecule has 2 atom stereocenters. The maximum absolute atomic E-state index is 12.3. The van der Waals surface area contributed by atoms with Crippen molar-refractivity contribution in [2.45, 2.75) is 187 Å². The van der Waals surface area contributed by atoms with Crippen LogP contribution in [-0.4, -0.2) is 34.9 Å². The Kier molecular flexibility index (Phi) is 30.5. The van der Waals surface area contributed by atoms with Gasteiger partial charge in [0.15, 0.2) is 0 Å². The highest BCUT2D eigenvalue weighted by atomic mass is 16.3. The normalized spacial score (nSPS) is 13.4. The van der Waals surface area contributed by atoms with Crippen LogP contribution in [0.3, 0.4) is 0 Å². The summed E-state index contributed by atoms with van der Waals surface area (Å²) < 4.78 is 0. The van der Waals surface area contributed by atoms with Gasteiger partial charge in [-0.25, -0.2) is 0 Å². The van der Waals surface area contributed by atoms with Gasteiger partial charge in [0.1, 0.15) is 0 Å². The summed E-state index contributed by atoms with van der Waals surface area (Å²) in [6.07, 6.45) is 38.2. The number of aliphatic hydroxyl groups is 2. The third-order valence-electron chi connectivity index (χ3n) is 7.68. The first-order valence-corrected chi connectivity index (χ1v) is 17.1. The number of nitrogens with one attached hydrogen (secondary N) is 1. The van der Waals surface area contributed by atoms with E-state index >= 15 is 0 Å². The Balaban J connectivity index is 3.62. The zero-order valence-corrected chi connectivity index (χ0v) is 26.2. The van der Waals surface area contributed by atoms with Crippen molar-refractivity contribution in [3.05, 3.63) is 24.3 Å². The molecule has 1 amide bonds. The van der Waals surface area contributed by atoms with Gasteiger partial charge in [-0.2, -0.15) is 0 Å². The first-order chi connectivity index (χ1) is 19.2. The van der Waals surface area contributed by atoms with Gasteiger partial charge in [-0.1, -0.05) is 147 Å². The van der Waals surface area contributed by atoms with E-state index in [4.69, 9.17) is 0 Å². The molecule has 0 fully saturated rings. The Morgan fingerprint density at radius 3 is 1.41 bits per heavy atom. The smallest absolute Gasteiger partial charge is 0.220 e. The average Bonchev–Trinajstić information content (AvgIpc) is 2.94. The molecule has 2 unspecified atom stereocenters. The molecule has 0 aliphatic rings. The predicted molar refractivity (Wildman–Crippen MR) is 170 cm³/mol. The van der Waals surface area contributed by atoms with Gasteiger partial charge in [0, 0.05) is 6.42 Å². The number of unbranched alkanes of at least 4 members (excludes halogenated alkanes) is 21. The highest BCUT2D eigenvalue weighted by Crippen LogP contribution is 2.12.